The van der Waals surface area contributed by atoms with Crippen molar-refractivity contribution in [1.82, 2.24) is 15.3 Å². The number of amides is 1. The minimum atomic E-state index is -0.209. The zero-order chi connectivity index (χ0) is 13.7. The van der Waals surface area contributed by atoms with Gasteiger partial charge in [-0.3, -0.25) is 4.79 Å². The molecule has 0 saturated carbocycles. The highest BCUT2D eigenvalue weighted by molar-refractivity contribution is 7.80. The summed E-state index contributed by atoms with van der Waals surface area (Å²) in [6.45, 7) is 0.422. The standard InChI is InChI=1S/C13H12N4OS/c14-12(19)10-3-1-9(2-4-10)5-17-13(18)11-6-15-8-16-7-11/h1-4,6-8H,5H2,(H2,14,19)(H,17,18). The molecule has 5 nitrogen and oxygen atoms in total. The molecule has 0 radical (unpaired) electrons. The SMILES string of the molecule is NC(=S)c1ccc(CNC(=O)c2cncnc2)cc1. The summed E-state index contributed by atoms with van der Waals surface area (Å²) >= 11 is 4.87. The van der Waals surface area contributed by atoms with Gasteiger partial charge in [-0.15, -0.1) is 0 Å². The van der Waals surface area contributed by atoms with Crippen LogP contribution in [0.4, 0.5) is 0 Å². The number of nitrogens with zero attached hydrogens (tertiary/aromatic N) is 2. The minimum Gasteiger partial charge on any atom is -0.389 e. The summed E-state index contributed by atoms with van der Waals surface area (Å²) in [7, 11) is 0. The van der Waals surface area contributed by atoms with E-state index in [1.54, 1.807) is 0 Å². The van der Waals surface area contributed by atoms with E-state index in [4.69, 9.17) is 18.0 Å². The van der Waals surface area contributed by atoms with Crippen molar-refractivity contribution in [3.8, 4) is 0 Å². The van der Waals surface area contributed by atoms with Crippen molar-refractivity contribution in [1.29, 1.82) is 0 Å². The van der Waals surface area contributed by atoms with Crippen LogP contribution in [0.2, 0.25) is 0 Å². The van der Waals surface area contributed by atoms with E-state index in [1.807, 2.05) is 24.3 Å². The summed E-state index contributed by atoms with van der Waals surface area (Å²) < 4.78 is 0. The average molecular weight is 272 g/mol. The number of rotatable bonds is 4. The third-order valence-electron chi connectivity index (χ3n) is 2.51. The summed E-state index contributed by atoms with van der Waals surface area (Å²) in [6, 6.07) is 7.40. The van der Waals surface area contributed by atoms with Gasteiger partial charge in [0.15, 0.2) is 0 Å². The lowest BCUT2D eigenvalue weighted by atomic mass is 10.1. The number of hydrogen-bond acceptors (Lipinski definition) is 4. The summed E-state index contributed by atoms with van der Waals surface area (Å²) in [5.74, 6) is -0.209. The molecule has 2 rings (SSSR count). The summed E-state index contributed by atoms with van der Waals surface area (Å²) in [6.07, 6.45) is 4.32. The Hall–Kier alpha value is -2.34. The molecule has 0 spiro atoms. The Labute approximate surface area is 115 Å². The largest absolute Gasteiger partial charge is 0.389 e. The van der Waals surface area contributed by atoms with Crippen molar-refractivity contribution >= 4 is 23.1 Å². The number of benzene rings is 1. The highest BCUT2D eigenvalue weighted by Gasteiger charge is 2.05. The van der Waals surface area contributed by atoms with Gasteiger partial charge in [0, 0.05) is 24.5 Å². The molecule has 0 aliphatic rings. The van der Waals surface area contributed by atoms with Crippen LogP contribution in [-0.2, 0) is 6.54 Å². The first kappa shape index (κ1) is 13.1. The Morgan fingerprint density at radius 2 is 1.79 bits per heavy atom. The molecule has 19 heavy (non-hydrogen) atoms. The molecule has 1 aromatic heterocycles. The molecule has 6 heteroatoms. The predicted octanol–water partition coefficient (Wildman–Crippen LogP) is 1.04. The Morgan fingerprint density at radius 1 is 1.16 bits per heavy atom. The van der Waals surface area contributed by atoms with Crippen LogP contribution in [0.3, 0.4) is 0 Å². The molecule has 96 valence electrons. The molecule has 0 fully saturated rings. The van der Waals surface area contributed by atoms with Crippen LogP contribution in [0.25, 0.3) is 0 Å². The first-order chi connectivity index (χ1) is 9.16. The maximum atomic E-state index is 11.8. The molecule has 1 heterocycles. The number of nitrogens with one attached hydrogen (secondary N) is 1. The fraction of sp³-hybridized carbons (Fsp3) is 0.0769. The lowest BCUT2D eigenvalue weighted by Gasteiger charge is -2.05. The lowest BCUT2D eigenvalue weighted by molar-refractivity contribution is 0.0950. The van der Waals surface area contributed by atoms with Gasteiger partial charge in [-0.25, -0.2) is 9.97 Å². The quantitative estimate of drug-likeness (QED) is 0.813. The van der Waals surface area contributed by atoms with Gasteiger partial charge < -0.3 is 11.1 Å². The number of nitrogens with two attached hydrogens (primary N) is 1. The molecular formula is C13H12N4OS. The Morgan fingerprint density at radius 3 is 2.37 bits per heavy atom. The smallest absolute Gasteiger partial charge is 0.254 e. The van der Waals surface area contributed by atoms with Gasteiger partial charge in [0.2, 0.25) is 0 Å². The van der Waals surface area contributed by atoms with E-state index in [9.17, 15) is 4.79 Å². The van der Waals surface area contributed by atoms with E-state index in [1.165, 1.54) is 18.7 Å². The van der Waals surface area contributed by atoms with Crippen LogP contribution in [0.1, 0.15) is 21.5 Å². The topological polar surface area (TPSA) is 80.9 Å². The first-order valence-corrected chi connectivity index (χ1v) is 5.99. The van der Waals surface area contributed by atoms with Gasteiger partial charge in [-0.2, -0.15) is 0 Å². The summed E-state index contributed by atoms with van der Waals surface area (Å²) in [5.41, 5.74) is 7.71. The van der Waals surface area contributed by atoms with Crippen LogP contribution >= 0.6 is 12.2 Å². The van der Waals surface area contributed by atoms with Gasteiger partial charge in [0.25, 0.3) is 5.91 Å². The normalized spacial score (nSPS) is 9.89. The van der Waals surface area contributed by atoms with Crippen molar-refractivity contribution in [2.45, 2.75) is 6.54 Å². The molecule has 0 bridgehead atoms. The molecule has 3 N–H and O–H groups in total. The molecule has 0 aliphatic carbocycles. The first-order valence-electron chi connectivity index (χ1n) is 5.59. The maximum Gasteiger partial charge on any atom is 0.254 e. The van der Waals surface area contributed by atoms with Crippen LogP contribution in [0.5, 0.6) is 0 Å². The van der Waals surface area contributed by atoms with E-state index in [0.717, 1.165) is 11.1 Å². The van der Waals surface area contributed by atoms with E-state index in [-0.39, 0.29) is 5.91 Å². The van der Waals surface area contributed by atoms with Gasteiger partial charge in [-0.05, 0) is 5.56 Å². The second-order valence-corrected chi connectivity index (χ2v) is 4.31. The number of carbonyl (C=O) groups excluding carboxylic acids is 1. The van der Waals surface area contributed by atoms with Gasteiger partial charge in [-0.1, -0.05) is 36.5 Å². The summed E-state index contributed by atoms with van der Waals surface area (Å²) in [5, 5.41) is 2.78. The van der Waals surface area contributed by atoms with Gasteiger partial charge in [0.05, 0.1) is 5.56 Å². The minimum absolute atomic E-state index is 0.209. The van der Waals surface area contributed by atoms with Gasteiger partial charge in [0.1, 0.15) is 11.3 Å². The van der Waals surface area contributed by atoms with Crippen LogP contribution in [0, 0.1) is 0 Å². The zero-order valence-corrected chi connectivity index (χ0v) is 10.9. The Kier molecular flexibility index (Phi) is 4.15. The fourth-order valence-corrected chi connectivity index (χ4v) is 1.62. The van der Waals surface area contributed by atoms with Crippen LogP contribution in [-0.4, -0.2) is 20.9 Å². The van der Waals surface area contributed by atoms with E-state index in [2.05, 4.69) is 15.3 Å². The average Bonchev–Trinajstić information content (AvgIpc) is 2.46. The Bertz CT molecular complexity index is 583. The number of aromatic nitrogens is 2. The number of carbonyl (C=O) groups is 1. The lowest BCUT2D eigenvalue weighted by Crippen LogP contribution is -2.23. The molecule has 0 saturated heterocycles. The highest BCUT2D eigenvalue weighted by atomic mass is 32.1. The zero-order valence-electron chi connectivity index (χ0n) is 10.0. The summed E-state index contributed by atoms with van der Waals surface area (Å²) in [4.78, 5) is 19.7. The van der Waals surface area contributed by atoms with Crippen LogP contribution in [0.15, 0.2) is 43.0 Å². The molecule has 0 atom stereocenters. The molecule has 1 amide bonds. The molecule has 1 aromatic carbocycles. The van der Waals surface area contributed by atoms with Crippen LogP contribution < -0.4 is 11.1 Å². The third kappa shape index (κ3) is 3.56. The second kappa shape index (κ2) is 6.01. The fourth-order valence-electron chi connectivity index (χ4n) is 1.49. The van der Waals surface area contributed by atoms with Gasteiger partial charge >= 0.3 is 0 Å². The Balaban J connectivity index is 1.95. The van der Waals surface area contributed by atoms with Crippen molar-refractivity contribution in [2.75, 3.05) is 0 Å². The predicted molar refractivity (Wildman–Crippen MR) is 75.5 cm³/mol. The van der Waals surface area contributed by atoms with E-state index >= 15 is 0 Å². The second-order valence-electron chi connectivity index (χ2n) is 3.87. The third-order valence-corrected chi connectivity index (χ3v) is 2.75. The molecular weight excluding hydrogens is 260 g/mol. The number of hydrogen-bond donors (Lipinski definition) is 2. The monoisotopic (exact) mass is 272 g/mol. The molecule has 2 aromatic rings. The molecule has 0 aliphatic heterocycles. The van der Waals surface area contributed by atoms with Crippen molar-refractivity contribution in [2.24, 2.45) is 5.73 Å². The van der Waals surface area contributed by atoms with E-state index in [0.29, 0.717) is 17.1 Å². The maximum absolute atomic E-state index is 11.8. The van der Waals surface area contributed by atoms with Crippen molar-refractivity contribution in [3.63, 3.8) is 0 Å². The van der Waals surface area contributed by atoms with Crippen molar-refractivity contribution in [3.05, 3.63) is 59.7 Å². The number of thiocarbonyl (C=S) groups is 1. The van der Waals surface area contributed by atoms with E-state index < -0.39 is 0 Å². The molecule has 0 unspecified atom stereocenters. The van der Waals surface area contributed by atoms with Crippen molar-refractivity contribution < 1.29 is 4.79 Å². The highest BCUT2D eigenvalue weighted by Crippen LogP contribution is 2.04.